The molecule has 42 heavy (non-hydrogen) atoms. The van der Waals surface area contributed by atoms with E-state index in [0.29, 0.717) is 0 Å². The summed E-state index contributed by atoms with van der Waals surface area (Å²) in [7, 11) is 0. The molecule has 0 unspecified atom stereocenters. The molecule has 0 saturated carbocycles. The van der Waals surface area contributed by atoms with Gasteiger partial charge in [-0.2, -0.15) is 35.0 Å². The monoisotopic (exact) mass is 648 g/mol. The van der Waals surface area contributed by atoms with Crippen molar-refractivity contribution >= 4 is 27.0 Å². The Kier molecular flexibility index (Phi) is 14.7. The van der Waals surface area contributed by atoms with Gasteiger partial charge in [0.15, 0.2) is 0 Å². The summed E-state index contributed by atoms with van der Waals surface area (Å²) in [6.07, 6.45) is 0. The first kappa shape index (κ1) is 35.0. The molecule has 0 N–H and O–H groups in total. The van der Waals surface area contributed by atoms with Gasteiger partial charge in [0.2, 0.25) is 0 Å². The van der Waals surface area contributed by atoms with Crippen LogP contribution < -0.4 is 10.2 Å². The summed E-state index contributed by atoms with van der Waals surface area (Å²) in [5, 5.41) is 27.6. The van der Waals surface area contributed by atoms with Crippen LogP contribution in [0.2, 0.25) is 13.1 Å². The van der Waals surface area contributed by atoms with Crippen molar-refractivity contribution in [3.05, 3.63) is 143 Å². The Morgan fingerprint density at radius 2 is 0.810 bits per heavy atom. The fourth-order valence-electron chi connectivity index (χ4n) is 4.47. The second-order valence-corrected chi connectivity index (χ2v) is 20.1. The van der Waals surface area contributed by atoms with Crippen molar-refractivity contribution in [1.82, 2.24) is 0 Å². The van der Waals surface area contributed by atoms with Gasteiger partial charge in [-0.1, -0.05) is 69.8 Å². The van der Waals surface area contributed by atoms with Crippen LogP contribution in [0, 0.1) is 41.5 Å². The normalized spacial score (nSPS) is 9.76. The molecular weight excluding hydrogens is 608 g/mol. The maximum atomic E-state index is 11.1. The van der Waals surface area contributed by atoms with Gasteiger partial charge in [0.25, 0.3) is 0 Å². The second-order valence-electron chi connectivity index (χ2n) is 10.8. The largest absolute Gasteiger partial charge is 0.872 e. The van der Waals surface area contributed by atoms with E-state index in [0.717, 1.165) is 33.4 Å². The first-order valence-electron chi connectivity index (χ1n) is 14.1. The van der Waals surface area contributed by atoms with Crippen LogP contribution in [0.15, 0.2) is 109 Å². The standard InChI is InChI=1S/2C9H12O.2C9H7.C2H6Si.Zr/c2*1-6-4-7(2)9(10)8(3)5-6;2*1-2-5-9-7-3-6-8(9)4-1;1-3-2;/h2*4-5,10H,1-3H3;2*1-7H;1-2H3;/q;;2*-1;;+2/p-2. The molecule has 0 aliphatic carbocycles. The number of aryl methyl sites for hydroxylation is 6. The molecule has 0 aliphatic heterocycles. The third-order valence-corrected chi connectivity index (χ3v) is 6.30. The van der Waals surface area contributed by atoms with Crippen LogP contribution in [0.1, 0.15) is 33.4 Å². The van der Waals surface area contributed by atoms with E-state index in [4.69, 9.17) is 0 Å². The molecule has 0 atom stereocenters. The van der Waals surface area contributed by atoms with Crippen molar-refractivity contribution in [2.75, 3.05) is 0 Å². The molecule has 0 aliphatic rings. The van der Waals surface area contributed by atoms with Gasteiger partial charge < -0.3 is 10.2 Å². The molecule has 0 heterocycles. The zero-order valence-corrected chi connectivity index (χ0v) is 29.7. The average molecular weight is 650 g/mol. The molecule has 0 aromatic heterocycles. The van der Waals surface area contributed by atoms with Gasteiger partial charge in [-0.05, 0) is 41.5 Å². The zero-order valence-electron chi connectivity index (χ0n) is 26.2. The van der Waals surface area contributed by atoms with E-state index in [2.05, 4.69) is 98.0 Å². The Bertz CT molecular complexity index is 1480. The average Bonchev–Trinajstić information content (AvgIpc) is 3.61. The Balaban J connectivity index is 0.000000188. The van der Waals surface area contributed by atoms with Crippen molar-refractivity contribution < 1.29 is 33.5 Å². The molecule has 0 saturated heterocycles. The molecule has 0 fully saturated rings. The summed E-state index contributed by atoms with van der Waals surface area (Å²) < 4.78 is 0. The number of benzene rings is 4. The minimum Gasteiger partial charge on any atom is -0.872 e. The van der Waals surface area contributed by atoms with Gasteiger partial charge in [-0.15, -0.1) is 70.8 Å². The molecule has 0 spiro atoms. The van der Waals surface area contributed by atoms with Crippen molar-refractivity contribution in [3.63, 3.8) is 0 Å². The van der Waals surface area contributed by atoms with E-state index < -0.39 is 0 Å². The predicted molar refractivity (Wildman–Crippen MR) is 177 cm³/mol. The van der Waals surface area contributed by atoms with Crippen molar-refractivity contribution in [1.29, 1.82) is 0 Å². The first-order chi connectivity index (χ1) is 19.9. The maximum Gasteiger partial charge on any atom is -0.0398 e. The zero-order chi connectivity index (χ0) is 31.2. The number of hydrogen-bond acceptors (Lipinski definition) is 2. The number of fused-ring (bicyclic) bond motifs is 2. The smallest absolute Gasteiger partial charge is 0.0398 e. The SMILES string of the molecule is C[Si](C)=[Zr+2].Cc1cc(C)c([O-])c(C)c1.Cc1cc(C)c([O-])c(C)c1.c1ccc2[cH-]ccc2c1.c1ccc2[cH-]ccc2c1. The van der Waals surface area contributed by atoms with Crippen molar-refractivity contribution in [2.24, 2.45) is 0 Å². The van der Waals surface area contributed by atoms with Crippen LogP contribution in [0.5, 0.6) is 11.5 Å². The van der Waals surface area contributed by atoms with Gasteiger partial charge in [-0.25, -0.2) is 0 Å². The van der Waals surface area contributed by atoms with Crippen LogP contribution in [0.4, 0.5) is 0 Å². The quantitative estimate of drug-likeness (QED) is 0.122. The molecule has 6 rings (SSSR count). The van der Waals surface area contributed by atoms with Crippen molar-refractivity contribution in [2.45, 2.75) is 54.6 Å². The van der Waals surface area contributed by atoms with Crippen LogP contribution >= 0.6 is 0 Å². The van der Waals surface area contributed by atoms with Gasteiger partial charge in [0.05, 0.1) is 0 Å². The van der Waals surface area contributed by atoms with E-state index in [-0.39, 0.29) is 16.9 Å². The molecule has 2 nitrogen and oxygen atoms in total. The molecule has 0 radical (unpaired) electrons. The molecule has 4 heteroatoms. The Morgan fingerprint density at radius 1 is 0.524 bits per heavy atom. The first-order valence-corrected chi connectivity index (χ1v) is 20.3. The summed E-state index contributed by atoms with van der Waals surface area (Å²) in [5.74, 6) is 0.344. The third-order valence-electron chi connectivity index (χ3n) is 6.30. The van der Waals surface area contributed by atoms with E-state index in [9.17, 15) is 10.2 Å². The van der Waals surface area contributed by atoms with Crippen molar-refractivity contribution in [3.8, 4) is 11.5 Å². The molecule has 216 valence electrons. The second kappa shape index (κ2) is 17.7. The maximum absolute atomic E-state index is 11.1. The van der Waals surface area contributed by atoms with E-state index in [1.165, 1.54) is 21.5 Å². The van der Waals surface area contributed by atoms with Crippen LogP contribution in [-0.2, 0) is 23.3 Å². The van der Waals surface area contributed by atoms with Gasteiger partial charge in [0.1, 0.15) is 0 Å². The molecule has 0 amide bonds. The fourth-order valence-corrected chi connectivity index (χ4v) is 4.47. The van der Waals surface area contributed by atoms with Crippen LogP contribution in [-0.4, -0.2) is 5.43 Å². The molecule has 6 aromatic rings. The molecule has 0 bridgehead atoms. The van der Waals surface area contributed by atoms with Gasteiger partial charge in [-0.3, -0.25) is 0 Å². The summed E-state index contributed by atoms with van der Waals surface area (Å²) >= 11 is 1.74. The van der Waals surface area contributed by atoms with Gasteiger partial charge >= 0.3 is 41.9 Å². The molecular formula is C38H42O2SiZr-2. The predicted octanol–water partition coefficient (Wildman–Crippen LogP) is 9.27. The Labute approximate surface area is 267 Å². The minimum absolute atomic E-state index is 0.172. The van der Waals surface area contributed by atoms with E-state index >= 15 is 0 Å². The summed E-state index contributed by atoms with van der Waals surface area (Å²) in [6.45, 7) is 16.0. The van der Waals surface area contributed by atoms with Crippen LogP contribution in [0.25, 0.3) is 21.5 Å². The summed E-state index contributed by atoms with van der Waals surface area (Å²) in [6, 6.07) is 37.0. The Hall–Kier alpha value is -3.20. The fraction of sp³-hybridized carbons (Fsp3) is 0.211. The number of rotatable bonds is 0. The summed E-state index contributed by atoms with van der Waals surface area (Å²) in [5.41, 5.74) is 5.91. The van der Waals surface area contributed by atoms with Gasteiger partial charge in [0, 0.05) is 0 Å². The Morgan fingerprint density at radius 3 is 1.10 bits per heavy atom. The third kappa shape index (κ3) is 12.0. The summed E-state index contributed by atoms with van der Waals surface area (Å²) in [4.78, 5) is 0. The van der Waals surface area contributed by atoms with E-state index in [1.807, 2.05) is 65.8 Å². The topological polar surface area (TPSA) is 46.1 Å². The molecule has 6 aromatic carbocycles. The number of hydrogen-bond donors (Lipinski definition) is 0. The van der Waals surface area contributed by atoms with Crippen LogP contribution in [0.3, 0.4) is 0 Å². The van der Waals surface area contributed by atoms with E-state index in [1.54, 1.807) is 23.3 Å². The minimum atomic E-state index is 0.172.